The van der Waals surface area contributed by atoms with Gasteiger partial charge in [0.25, 0.3) is 0 Å². The first-order valence-corrected chi connectivity index (χ1v) is 10.5. The lowest BCUT2D eigenvalue weighted by Crippen LogP contribution is -2.14. The maximum Gasteiger partial charge on any atom is 0.224 e. The fourth-order valence-electron chi connectivity index (χ4n) is 3.88. The van der Waals surface area contributed by atoms with Crippen molar-refractivity contribution in [3.63, 3.8) is 0 Å². The molecule has 1 amide bonds. The average Bonchev–Trinajstić information content (AvgIpc) is 3.05. The van der Waals surface area contributed by atoms with Crippen LogP contribution >= 0.6 is 0 Å². The highest BCUT2D eigenvalue weighted by atomic mass is 16.5. The number of carbonyl (C=O) groups excluding carboxylic acids is 1. The Labute approximate surface area is 182 Å². The second-order valence-electron chi connectivity index (χ2n) is 7.74. The van der Waals surface area contributed by atoms with E-state index in [9.17, 15) is 4.79 Å². The summed E-state index contributed by atoms with van der Waals surface area (Å²) in [6.07, 6.45) is 1.10. The fraction of sp³-hybridized carbons (Fsp3) is 0.231. The largest absolute Gasteiger partial charge is 0.497 e. The number of rotatable bonds is 7. The van der Waals surface area contributed by atoms with Crippen LogP contribution in [0.15, 0.2) is 66.7 Å². The lowest BCUT2D eigenvalue weighted by molar-refractivity contribution is -0.116. The van der Waals surface area contributed by atoms with Crippen LogP contribution in [-0.4, -0.2) is 22.8 Å². The molecule has 1 heterocycles. The Hall–Kier alpha value is -3.60. The van der Waals surface area contributed by atoms with Gasteiger partial charge in [-0.05, 0) is 54.3 Å². The lowest BCUT2D eigenvalue weighted by Gasteiger charge is -2.10. The van der Waals surface area contributed by atoms with Crippen LogP contribution in [0.4, 0.5) is 5.69 Å². The molecule has 31 heavy (non-hydrogen) atoms. The number of amides is 1. The van der Waals surface area contributed by atoms with Crippen molar-refractivity contribution in [2.45, 2.75) is 33.2 Å². The fourth-order valence-corrected chi connectivity index (χ4v) is 3.88. The summed E-state index contributed by atoms with van der Waals surface area (Å²) >= 11 is 0. The van der Waals surface area contributed by atoms with E-state index in [-0.39, 0.29) is 5.91 Å². The maximum absolute atomic E-state index is 12.6. The van der Waals surface area contributed by atoms with Crippen LogP contribution in [0.25, 0.3) is 10.8 Å². The van der Waals surface area contributed by atoms with E-state index in [1.54, 1.807) is 7.11 Å². The third kappa shape index (κ3) is 4.61. The highest BCUT2D eigenvalue weighted by Crippen LogP contribution is 2.24. The van der Waals surface area contributed by atoms with Gasteiger partial charge in [0.15, 0.2) is 0 Å². The van der Waals surface area contributed by atoms with E-state index in [1.165, 1.54) is 16.3 Å². The highest BCUT2D eigenvalue weighted by Gasteiger charge is 2.15. The SMILES string of the molecule is COc1ccc(CCC(=O)Nc2c(C)nn(Cc3cccc4ccccc34)c2C)cc1. The lowest BCUT2D eigenvalue weighted by atomic mass is 10.0. The molecule has 0 radical (unpaired) electrons. The number of ether oxygens (including phenoxy) is 1. The van der Waals surface area contributed by atoms with Crippen molar-refractivity contribution in [3.8, 4) is 5.75 Å². The van der Waals surface area contributed by atoms with Gasteiger partial charge in [-0.1, -0.05) is 54.6 Å². The van der Waals surface area contributed by atoms with Gasteiger partial charge < -0.3 is 10.1 Å². The van der Waals surface area contributed by atoms with Crippen LogP contribution < -0.4 is 10.1 Å². The van der Waals surface area contributed by atoms with E-state index in [4.69, 9.17) is 9.84 Å². The summed E-state index contributed by atoms with van der Waals surface area (Å²) in [5.74, 6) is 0.810. The van der Waals surface area contributed by atoms with E-state index in [0.29, 0.717) is 19.4 Å². The number of anilines is 1. The Balaban J connectivity index is 1.45. The Morgan fingerprint density at radius 1 is 1.00 bits per heavy atom. The molecule has 158 valence electrons. The predicted molar refractivity (Wildman–Crippen MR) is 125 cm³/mol. The zero-order chi connectivity index (χ0) is 21.8. The van der Waals surface area contributed by atoms with Crippen LogP contribution in [0.3, 0.4) is 0 Å². The Bertz CT molecular complexity index is 1200. The summed E-state index contributed by atoms with van der Waals surface area (Å²) in [7, 11) is 1.65. The molecule has 5 nitrogen and oxygen atoms in total. The Kier molecular flexibility index (Phi) is 6.03. The molecule has 4 aromatic rings. The molecule has 0 spiro atoms. The summed E-state index contributed by atoms with van der Waals surface area (Å²) in [4.78, 5) is 12.6. The first kappa shape index (κ1) is 20.7. The normalized spacial score (nSPS) is 10.9. The van der Waals surface area contributed by atoms with E-state index in [0.717, 1.165) is 28.4 Å². The quantitative estimate of drug-likeness (QED) is 0.448. The molecule has 0 saturated heterocycles. The number of nitrogens with zero attached hydrogens (tertiary/aromatic N) is 2. The van der Waals surface area contributed by atoms with Gasteiger partial charge in [-0.3, -0.25) is 9.48 Å². The first-order chi connectivity index (χ1) is 15.0. The average molecular weight is 414 g/mol. The molecule has 0 aliphatic rings. The highest BCUT2D eigenvalue weighted by molar-refractivity contribution is 5.92. The third-order valence-electron chi connectivity index (χ3n) is 5.65. The summed E-state index contributed by atoms with van der Waals surface area (Å²) in [6.45, 7) is 4.60. The van der Waals surface area contributed by atoms with Gasteiger partial charge in [0, 0.05) is 6.42 Å². The molecule has 1 aromatic heterocycles. The topological polar surface area (TPSA) is 56.1 Å². The van der Waals surface area contributed by atoms with Gasteiger partial charge in [-0.15, -0.1) is 0 Å². The van der Waals surface area contributed by atoms with Crippen molar-refractivity contribution >= 4 is 22.4 Å². The van der Waals surface area contributed by atoms with Crippen LogP contribution in [0.5, 0.6) is 5.75 Å². The monoisotopic (exact) mass is 413 g/mol. The molecule has 0 bridgehead atoms. The van der Waals surface area contributed by atoms with Crippen molar-refractivity contribution < 1.29 is 9.53 Å². The molecule has 1 N–H and O–H groups in total. The molecular formula is C26H27N3O2. The number of carbonyl (C=O) groups is 1. The Morgan fingerprint density at radius 3 is 2.52 bits per heavy atom. The van der Waals surface area contributed by atoms with E-state index in [1.807, 2.05) is 42.8 Å². The molecule has 0 atom stereocenters. The van der Waals surface area contributed by atoms with Crippen molar-refractivity contribution in [1.29, 1.82) is 0 Å². The second kappa shape index (κ2) is 9.04. The minimum atomic E-state index is -0.00766. The van der Waals surface area contributed by atoms with Crippen molar-refractivity contribution in [2.75, 3.05) is 12.4 Å². The molecule has 4 rings (SSSR count). The molecule has 3 aromatic carbocycles. The zero-order valence-electron chi connectivity index (χ0n) is 18.2. The van der Waals surface area contributed by atoms with E-state index < -0.39 is 0 Å². The Morgan fingerprint density at radius 2 is 1.74 bits per heavy atom. The number of aromatic nitrogens is 2. The van der Waals surface area contributed by atoms with E-state index in [2.05, 4.69) is 47.8 Å². The van der Waals surface area contributed by atoms with Crippen LogP contribution in [0, 0.1) is 13.8 Å². The molecular weight excluding hydrogens is 386 g/mol. The van der Waals surface area contributed by atoms with Crippen LogP contribution in [-0.2, 0) is 17.8 Å². The smallest absolute Gasteiger partial charge is 0.224 e. The zero-order valence-corrected chi connectivity index (χ0v) is 18.2. The number of nitrogens with one attached hydrogen (secondary N) is 1. The predicted octanol–water partition coefficient (Wildman–Crippen LogP) is 5.28. The molecule has 0 fully saturated rings. The van der Waals surface area contributed by atoms with Gasteiger partial charge in [0.05, 0.1) is 30.7 Å². The van der Waals surface area contributed by atoms with Gasteiger partial charge in [-0.2, -0.15) is 5.10 Å². The van der Waals surface area contributed by atoms with Crippen LogP contribution in [0.1, 0.15) is 28.9 Å². The van der Waals surface area contributed by atoms with E-state index >= 15 is 0 Å². The van der Waals surface area contributed by atoms with Gasteiger partial charge >= 0.3 is 0 Å². The third-order valence-corrected chi connectivity index (χ3v) is 5.65. The second-order valence-corrected chi connectivity index (χ2v) is 7.74. The molecule has 0 aliphatic carbocycles. The number of methoxy groups -OCH3 is 1. The maximum atomic E-state index is 12.6. The standard InChI is InChI=1S/C26H27N3O2/c1-18-26(27-25(30)16-13-20-11-14-23(31-3)15-12-20)19(2)29(28-18)17-22-9-6-8-21-7-4-5-10-24(21)22/h4-12,14-15H,13,16-17H2,1-3H3,(H,27,30). The van der Waals surface area contributed by atoms with Crippen molar-refractivity contribution in [3.05, 3.63) is 89.2 Å². The summed E-state index contributed by atoms with van der Waals surface area (Å²) in [6, 6.07) is 22.5. The van der Waals surface area contributed by atoms with Gasteiger partial charge in [0.2, 0.25) is 5.91 Å². The van der Waals surface area contributed by atoms with Gasteiger partial charge in [0.1, 0.15) is 5.75 Å². The van der Waals surface area contributed by atoms with Crippen molar-refractivity contribution in [1.82, 2.24) is 9.78 Å². The first-order valence-electron chi connectivity index (χ1n) is 10.5. The molecule has 0 saturated carbocycles. The summed E-state index contributed by atoms with van der Waals surface area (Å²) in [5.41, 5.74) is 4.91. The summed E-state index contributed by atoms with van der Waals surface area (Å²) < 4.78 is 7.15. The molecule has 5 heteroatoms. The minimum Gasteiger partial charge on any atom is -0.497 e. The number of hydrogen-bond acceptors (Lipinski definition) is 3. The number of hydrogen-bond donors (Lipinski definition) is 1. The number of benzene rings is 3. The van der Waals surface area contributed by atoms with Crippen LogP contribution in [0.2, 0.25) is 0 Å². The molecule has 0 unspecified atom stereocenters. The summed E-state index contributed by atoms with van der Waals surface area (Å²) in [5, 5.41) is 10.2. The van der Waals surface area contributed by atoms with Gasteiger partial charge in [-0.25, -0.2) is 0 Å². The number of aryl methyl sites for hydroxylation is 2. The molecule has 0 aliphatic heterocycles. The number of fused-ring (bicyclic) bond motifs is 1. The van der Waals surface area contributed by atoms with Crippen molar-refractivity contribution in [2.24, 2.45) is 0 Å². The minimum absolute atomic E-state index is 0.00766.